The Kier molecular flexibility index (Phi) is 5.74. The molecule has 0 unspecified atom stereocenters. The van der Waals surface area contributed by atoms with Crippen molar-refractivity contribution >= 4 is 21.8 Å². The molecule has 2 N–H and O–H groups in total. The van der Waals surface area contributed by atoms with E-state index in [-0.39, 0.29) is 5.92 Å². The fourth-order valence-corrected chi connectivity index (χ4v) is 4.65. The molecule has 4 nitrogen and oxygen atoms in total. The molecular weight excluding hydrogens is 392 g/mol. The lowest BCUT2D eigenvalue weighted by atomic mass is 9.91. The fraction of sp³-hybridized carbons (Fsp3) is 0.179. The second-order valence-electron chi connectivity index (χ2n) is 8.16. The topological polar surface area (TPSA) is 56.5 Å². The highest BCUT2D eigenvalue weighted by Crippen LogP contribution is 2.30. The molecule has 32 heavy (non-hydrogen) atoms. The maximum atomic E-state index is 9.00. The number of para-hydroxylation sites is 2. The molecule has 0 aliphatic carbocycles. The molecule has 0 fully saturated rings. The van der Waals surface area contributed by atoms with Crippen LogP contribution in [0.2, 0.25) is 0 Å². The van der Waals surface area contributed by atoms with Crippen LogP contribution >= 0.6 is 0 Å². The highest BCUT2D eigenvalue weighted by Gasteiger charge is 2.18. The van der Waals surface area contributed by atoms with E-state index >= 15 is 0 Å². The molecule has 1 atom stereocenters. The predicted octanol–water partition coefficient (Wildman–Crippen LogP) is 5.96. The van der Waals surface area contributed by atoms with Gasteiger partial charge in [-0.15, -0.1) is 0 Å². The normalized spacial score (nSPS) is 12.2. The first-order valence-electron chi connectivity index (χ1n) is 11.1. The number of hydrogen-bond donors (Lipinski definition) is 2. The summed E-state index contributed by atoms with van der Waals surface area (Å²) >= 11 is 0. The molecule has 5 rings (SSSR count). The number of H-pyrrole nitrogens is 1. The Hall–Kier alpha value is -3.81. The molecule has 0 bridgehead atoms. The average molecular weight is 419 g/mol. The molecule has 5 aromatic rings. The van der Waals surface area contributed by atoms with Gasteiger partial charge in [0.1, 0.15) is 0 Å². The van der Waals surface area contributed by atoms with Crippen molar-refractivity contribution in [2.45, 2.75) is 25.4 Å². The number of aromatic nitrogens is 2. The highest BCUT2D eigenvalue weighted by atomic mass is 15.0. The summed E-state index contributed by atoms with van der Waals surface area (Å²) < 4.78 is 2.20. The maximum absolute atomic E-state index is 9.00. The maximum Gasteiger partial charge on any atom is 0.0640 e. The van der Waals surface area contributed by atoms with E-state index in [1.54, 1.807) is 0 Å². The number of fused-ring (bicyclic) bond motifs is 2. The molecule has 0 aliphatic heterocycles. The van der Waals surface area contributed by atoms with Crippen LogP contribution in [-0.4, -0.2) is 16.1 Å². The smallest absolute Gasteiger partial charge is 0.0640 e. The summed E-state index contributed by atoms with van der Waals surface area (Å²) in [7, 11) is 0. The van der Waals surface area contributed by atoms with Gasteiger partial charge in [0.15, 0.2) is 0 Å². The molecule has 158 valence electrons. The summed E-state index contributed by atoms with van der Waals surface area (Å²) in [5.74, 6) is 0.249. The van der Waals surface area contributed by atoms with Gasteiger partial charge in [-0.3, -0.25) is 0 Å². The summed E-state index contributed by atoms with van der Waals surface area (Å²) in [6.07, 6.45) is 4.86. The van der Waals surface area contributed by atoms with Crippen LogP contribution in [0.25, 0.3) is 21.8 Å². The van der Waals surface area contributed by atoms with Gasteiger partial charge in [-0.05, 0) is 28.8 Å². The second kappa shape index (κ2) is 9.13. The predicted molar refractivity (Wildman–Crippen MR) is 130 cm³/mol. The van der Waals surface area contributed by atoms with E-state index in [1.807, 2.05) is 0 Å². The van der Waals surface area contributed by atoms with E-state index in [0.29, 0.717) is 6.42 Å². The summed E-state index contributed by atoms with van der Waals surface area (Å²) in [6, 6.07) is 29.9. The molecular formula is C28H26N4. The van der Waals surface area contributed by atoms with Gasteiger partial charge >= 0.3 is 0 Å². The van der Waals surface area contributed by atoms with Gasteiger partial charge in [0.2, 0.25) is 0 Å². The fourth-order valence-electron chi connectivity index (χ4n) is 4.65. The number of rotatable bonds is 8. The lowest BCUT2D eigenvalue weighted by Crippen LogP contribution is -2.22. The third-order valence-electron chi connectivity index (χ3n) is 6.20. The molecule has 0 saturated carbocycles. The van der Waals surface area contributed by atoms with E-state index < -0.39 is 0 Å². The van der Waals surface area contributed by atoms with Gasteiger partial charge < -0.3 is 14.9 Å². The van der Waals surface area contributed by atoms with Gasteiger partial charge in [-0.1, -0.05) is 66.7 Å². The third-order valence-corrected chi connectivity index (χ3v) is 6.20. The molecule has 0 aliphatic rings. The summed E-state index contributed by atoms with van der Waals surface area (Å²) in [6.45, 7) is 2.34. The second-order valence-corrected chi connectivity index (χ2v) is 8.16. The minimum Gasteiger partial charge on any atom is -0.361 e. The lowest BCUT2D eigenvalue weighted by Gasteiger charge is -2.18. The van der Waals surface area contributed by atoms with Gasteiger partial charge in [0.25, 0.3) is 0 Å². The van der Waals surface area contributed by atoms with E-state index in [4.69, 9.17) is 5.26 Å². The van der Waals surface area contributed by atoms with Crippen LogP contribution in [-0.2, 0) is 13.1 Å². The quantitative estimate of drug-likeness (QED) is 0.327. The zero-order valence-electron chi connectivity index (χ0n) is 18.0. The van der Waals surface area contributed by atoms with Crippen LogP contribution in [0.5, 0.6) is 0 Å². The van der Waals surface area contributed by atoms with E-state index in [0.717, 1.165) is 19.6 Å². The Labute approximate surface area is 188 Å². The van der Waals surface area contributed by atoms with Crippen LogP contribution in [0.1, 0.15) is 29.0 Å². The Morgan fingerprint density at radius 2 is 1.66 bits per heavy atom. The van der Waals surface area contributed by atoms with Gasteiger partial charge in [-0.25, -0.2) is 0 Å². The number of nitrogens with one attached hydrogen (secondary N) is 2. The van der Waals surface area contributed by atoms with Crippen LogP contribution in [0.3, 0.4) is 0 Å². The van der Waals surface area contributed by atoms with Crippen molar-refractivity contribution in [3.8, 4) is 6.07 Å². The van der Waals surface area contributed by atoms with Crippen LogP contribution in [0.15, 0.2) is 91.3 Å². The van der Waals surface area contributed by atoms with E-state index in [2.05, 4.69) is 112 Å². The third kappa shape index (κ3) is 3.91. The van der Waals surface area contributed by atoms with Gasteiger partial charge in [0, 0.05) is 59.8 Å². The van der Waals surface area contributed by atoms with Crippen LogP contribution < -0.4 is 5.32 Å². The number of aryl methyl sites for hydroxylation is 1. The Bertz CT molecular complexity index is 1370. The number of nitrogens with zero attached hydrogens (tertiary/aromatic N) is 2. The highest BCUT2D eigenvalue weighted by molar-refractivity contribution is 5.85. The zero-order valence-corrected chi connectivity index (χ0v) is 18.0. The molecule has 3 aromatic carbocycles. The number of benzene rings is 3. The monoisotopic (exact) mass is 418 g/mol. The Balaban J connectivity index is 1.41. The van der Waals surface area contributed by atoms with Crippen molar-refractivity contribution in [2.75, 3.05) is 6.54 Å². The number of aromatic amines is 1. The molecule has 0 amide bonds. The number of nitriles is 1. The standard InChI is InChI=1S/C28H26N4/c29-15-8-16-32-20-22(23-11-5-7-14-28(23)32)17-30-18-25(21-9-2-1-3-10-21)26-19-31-27-13-6-4-12-24(26)27/h1-7,9-14,19-20,25,30-31H,8,16-18H2/t25-/m1/s1. The molecule has 4 heteroatoms. The van der Waals surface area contributed by atoms with Crippen molar-refractivity contribution in [3.05, 3.63) is 108 Å². The molecule has 0 saturated heterocycles. The Morgan fingerprint density at radius 1 is 0.906 bits per heavy atom. The molecule has 2 heterocycles. The van der Waals surface area contributed by atoms with Crippen molar-refractivity contribution in [3.63, 3.8) is 0 Å². The van der Waals surface area contributed by atoms with Crippen molar-refractivity contribution in [1.82, 2.24) is 14.9 Å². The minimum absolute atomic E-state index is 0.249. The van der Waals surface area contributed by atoms with Gasteiger partial charge in [0.05, 0.1) is 12.5 Å². The SMILES string of the molecule is N#CCCn1cc(CNC[C@H](c2ccccc2)c2c[nH]c3ccccc23)c2ccccc21. The molecule has 0 radical (unpaired) electrons. The van der Waals surface area contributed by atoms with Crippen LogP contribution in [0.4, 0.5) is 0 Å². The summed E-state index contributed by atoms with van der Waals surface area (Å²) in [4.78, 5) is 3.44. The van der Waals surface area contributed by atoms with E-state index in [1.165, 1.54) is 38.5 Å². The first kappa shape index (κ1) is 20.1. The minimum atomic E-state index is 0.249. The van der Waals surface area contributed by atoms with Crippen LogP contribution in [0, 0.1) is 11.3 Å². The number of hydrogen-bond acceptors (Lipinski definition) is 2. The molecule has 2 aromatic heterocycles. The molecule has 0 spiro atoms. The van der Waals surface area contributed by atoms with E-state index in [9.17, 15) is 0 Å². The largest absolute Gasteiger partial charge is 0.361 e. The zero-order chi connectivity index (χ0) is 21.8. The first-order valence-corrected chi connectivity index (χ1v) is 11.1. The summed E-state index contributed by atoms with van der Waals surface area (Å²) in [5, 5.41) is 15.3. The average Bonchev–Trinajstić information content (AvgIpc) is 3.43. The summed E-state index contributed by atoms with van der Waals surface area (Å²) in [5.41, 5.74) is 6.25. The Morgan fingerprint density at radius 3 is 2.50 bits per heavy atom. The lowest BCUT2D eigenvalue weighted by molar-refractivity contribution is 0.637. The first-order chi connectivity index (χ1) is 15.8. The van der Waals surface area contributed by atoms with Gasteiger partial charge in [-0.2, -0.15) is 5.26 Å². The van der Waals surface area contributed by atoms with Crippen molar-refractivity contribution in [2.24, 2.45) is 0 Å². The van der Waals surface area contributed by atoms with Crippen molar-refractivity contribution in [1.29, 1.82) is 5.26 Å². The van der Waals surface area contributed by atoms with Crippen molar-refractivity contribution < 1.29 is 0 Å².